The van der Waals surface area contributed by atoms with Gasteiger partial charge in [-0.1, -0.05) is 242 Å². The van der Waals surface area contributed by atoms with Crippen LogP contribution in [-0.2, 0) is 27.9 Å². The van der Waals surface area contributed by atoms with Gasteiger partial charge in [0.25, 0.3) is 0 Å². The third-order valence-corrected chi connectivity index (χ3v) is 14.2. The van der Waals surface area contributed by atoms with Crippen molar-refractivity contribution in [3.63, 3.8) is 0 Å². The van der Waals surface area contributed by atoms with Crippen molar-refractivity contribution in [3.8, 4) is 0 Å². The maximum absolute atomic E-state index is 13.5. The molecule has 73 heavy (non-hydrogen) atoms. The van der Waals surface area contributed by atoms with E-state index in [-0.39, 0.29) is 31.5 Å². The molecule has 9 nitrogen and oxygen atoms in total. The zero-order valence-electron chi connectivity index (χ0n) is 48.4. The quantitative estimate of drug-likeness (QED) is 0.0156. The van der Waals surface area contributed by atoms with E-state index < -0.39 is 20.0 Å². The third-order valence-electron chi connectivity index (χ3n) is 13.2. The van der Waals surface area contributed by atoms with Gasteiger partial charge in [0.1, 0.15) is 19.3 Å². The Bertz CT molecular complexity index is 1480. The summed E-state index contributed by atoms with van der Waals surface area (Å²) in [5.74, 6) is -0.530. The maximum Gasteiger partial charge on any atom is 0.472 e. The van der Waals surface area contributed by atoms with E-state index in [1.54, 1.807) is 0 Å². The van der Waals surface area contributed by atoms with E-state index >= 15 is 0 Å². The molecule has 0 aromatic rings. The Morgan fingerprint density at radius 2 is 0.932 bits per heavy atom. The van der Waals surface area contributed by atoms with E-state index in [1.807, 2.05) is 33.3 Å². The van der Waals surface area contributed by atoms with Gasteiger partial charge >= 0.3 is 13.8 Å². The molecule has 0 aliphatic heterocycles. The van der Waals surface area contributed by atoms with Crippen molar-refractivity contribution >= 4 is 19.7 Å². The largest absolute Gasteiger partial charge is 0.472 e. The zero-order chi connectivity index (χ0) is 53.6. The first kappa shape index (κ1) is 70.5. The molecule has 0 aromatic carbocycles. The number of ether oxygens (including phenoxy) is 1. The topological polar surface area (TPSA) is 111 Å². The number of quaternary nitrogens is 1. The lowest BCUT2D eigenvalue weighted by Crippen LogP contribution is -2.47. The van der Waals surface area contributed by atoms with Crippen molar-refractivity contribution in [1.82, 2.24) is 5.32 Å². The molecule has 424 valence electrons. The second kappa shape index (κ2) is 52.9. The summed E-state index contributed by atoms with van der Waals surface area (Å²) >= 11 is 0. The van der Waals surface area contributed by atoms with Crippen LogP contribution in [0.1, 0.15) is 265 Å². The number of nitrogens with zero attached hydrogens (tertiary/aromatic N) is 1. The molecule has 0 rings (SSSR count). The van der Waals surface area contributed by atoms with Crippen LogP contribution in [0.25, 0.3) is 0 Å². The predicted molar refractivity (Wildman–Crippen MR) is 314 cm³/mol. The lowest BCUT2D eigenvalue weighted by molar-refractivity contribution is -0.870. The number of allylic oxidation sites excluding steroid dienone is 11. The smallest absolute Gasteiger partial charge is 0.456 e. The fraction of sp³-hybridized carbons (Fsp3) is 0.778. The molecule has 0 radical (unpaired) electrons. The Morgan fingerprint density at radius 1 is 0.507 bits per heavy atom. The molecule has 1 amide bonds. The van der Waals surface area contributed by atoms with Crippen LogP contribution in [0.15, 0.2) is 72.9 Å². The van der Waals surface area contributed by atoms with Gasteiger partial charge in [-0.05, 0) is 83.1 Å². The first-order chi connectivity index (χ1) is 35.4. The lowest BCUT2D eigenvalue weighted by atomic mass is 10.0. The monoisotopic (exact) mass is 1040 g/mol. The van der Waals surface area contributed by atoms with Crippen molar-refractivity contribution in [2.75, 3.05) is 40.9 Å². The van der Waals surface area contributed by atoms with Gasteiger partial charge in [0.05, 0.1) is 33.8 Å². The molecular weight excluding hydrogens is 928 g/mol. The summed E-state index contributed by atoms with van der Waals surface area (Å²) in [4.78, 5) is 37.6. The molecule has 0 aliphatic rings. The van der Waals surface area contributed by atoms with E-state index in [4.69, 9.17) is 13.8 Å². The average molecular weight is 1040 g/mol. The fourth-order valence-electron chi connectivity index (χ4n) is 8.50. The summed E-state index contributed by atoms with van der Waals surface area (Å²) in [7, 11) is 1.48. The second-order valence-corrected chi connectivity index (χ2v) is 23.0. The van der Waals surface area contributed by atoms with Crippen LogP contribution in [0.2, 0.25) is 0 Å². The Labute approximate surface area is 451 Å². The van der Waals surface area contributed by atoms with Crippen molar-refractivity contribution in [2.24, 2.45) is 0 Å². The van der Waals surface area contributed by atoms with Crippen molar-refractivity contribution in [1.29, 1.82) is 0 Å². The molecule has 0 saturated heterocycles. The zero-order valence-corrected chi connectivity index (χ0v) is 49.3. The number of hydrogen-bond acceptors (Lipinski definition) is 6. The Kier molecular flexibility index (Phi) is 51.0. The fourth-order valence-corrected chi connectivity index (χ4v) is 9.24. The number of unbranched alkanes of at least 4 members (excludes halogenated alkanes) is 30. The van der Waals surface area contributed by atoms with E-state index in [0.29, 0.717) is 23.9 Å². The highest BCUT2D eigenvalue weighted by Gasteiger charge is 2.30. The van der Waals surface area contributed by atoms with Crippen LogP contribution in [0.5, 0.6) is 0 Å². The van der Waals surface area contributed by atoms with Gasteiger partial charge in [-0.25, -0.2) is 4.57 Å². The van der Waals surface area contributed by atoms with Crippen LogP contribution >= 0.6 is 7.82 Å². The third kappa shape index (κ3) is 54.1. The molecule has 3 unspecified atom stereocenters. The highest BCUT2D eigenvalue weighted by Crippen LogP contribution is 2.43. The number of carbonyl (C=O) groups is 2. The molecule has 0 fully saturated rings. The van der Waals surface area contributed by atoms with Crippen LogP contribution < -0.4 is 5.32 Å². The minimum atomic E-state index is -4.45. The van der Waals surface area contributed by atoms with Crippen molar-refractivity contribution in [2.45, 2.75) is 277 Å². The van der Waals surface area contributed by atoms with Crippen LogP contribution in [0, 0.1) is 0 Å². The number of rotatable bonds is 54. The molecule has 0 aromatic heterocycles. The number of phosphoric ester groups is 1. The minimum Gasteiger partial charge on any atom is -0.456 e. The number of hydrogen-bond donors (Lipinski definition) is 2. The highest BCUT2D eigenvalue weighted by atomic mass is 31.2. The SMILES string of the molecule is CC/C=C/C=C/C=C\CCCCCCCC(=O)OC(/C=C\CCCCCCCCCCCCC)C(COP(=O)(O)OCC[N+](C)(C)C)NC(=O)CCCCCCCCCCCCC/C=C\C/C=C\CCCCC. The Hall–Kier alpha value is -2.55. The number of amides is 1. The van der Waals surface area contributed by atoms with Gasteiger partial charge in [-0.2, -0.15) is 0 Å². The molecule has 0 saturated carbocycles. The number of nitrogens with one attached hydrogen (secondary N) is 1. The second-order valence-electron chi connectivity index (χ2n) is 21.6. The van der Waals surface area contributed by atoms with Crippen molar-refractivity contribution < 1.29 is 37.3 Å². The summed E-state index contributed by atoms with van der Waals surface area (Å²) in [5.41, 5.74) is 0. The molecule has 10 heteroatoms. The normalized spacial score (nSPS) is 14.2. The standard InChI is InChI=1S/C63H115N2O7P/c1-7-10-13-16-19-22-25-28-29-30-31-32-33-34-35-38-40-43-46-49-52-55-62(66)64-60(59-71-73(68,69)70-58-57-65(4,5)6)61(54-51-48-45-42-39-36-26-23-20-17-14-11-8-2)72-63(67)56-53-50-47-44-41-37-27-24-21-18-15-12-9-3/h12,15,18-19,21-22,24,27-29,51,54,60-61H,7-11,13-14,16-17,20,23,25-26,30-50,52-53,55-59H2,1-6H3,(H-,64,66,68,69)/p+1/b15-12+,21-18+,22-19-,27-24-,29-28-,54-51-. The molecule has 0 heterocycles. The Balaban J connectivity index is 5.26. The highest BCUT2D eigenvalue weighted by molar-refractivity contribution is 7.47. The maximum atomic E-state index is 13.5. The van der Waals surface area contributed by atoms with Gasteiger partial charge in [-0.3, -0.25) is 18.6 Å². The van der Waals surface area contributed by atoms with E-state index in [1.165, 1.54) is 141 Å². The molecule has 0 spiro atoms. The molecule has 2 N–H and O–H groups in total. The van der Waals surface area contributed by atoms with Crippen molar-refractivity contribution in [3.05, 3.63) is 72.9 Å². The molecule has 3 atom stereocenters. The number of likely N-dealkylation sites (N-methyl/N-ethyl adjacent to an activating group) is 1. The van der Waals surface area contributed by atoms with Gasteiger partial charge in [0.2, 0.25) is 5.91 Å². The molecular formula is C63H116N2O7P+. The predicted octanol–water partition coefficient (Wildman–Crippen LogP) is 18.4. The first-order valence-corrected chi connectivity index (χ1v) is 31.8. The number of carbonyl (C=O) groups excluding carboxylic acids is 2. The van der Waals surface area contributed by atoms with Gasteiger partial charge in [0.15, 0.2) is 0 Å². The number of phosphoric acid groups is 1. The van der Waals surface area contributed by atoms with Crippen LogP contribution in [0.4, 0.5) is 0 Å². The molecule has 0 aliphatic carbocycles. The van der Waals surface area contributed by atoms with E-state index in [2.05, 4.69) is 86.8 Å². The van der Waals surface area contributed by atoms with Gasteiger partial charge in [-0.15, -0.1) is 0 Å². The van der Waals surface area contributed by atoms with Crippen LogP contribution in [0.3, 0.4) is 0 Å². The van der Waals surface area contributed by atoms with Gasteiger partial charge < -0.3 is 19.4 Å². The summed E-state index contributed by atoms with van der Waals surface area (Å²) in [6.45, 7) is 6.85. The van der Waals surface area contributed by atoms with E-state index in [9.17, 15) is 19.0 Å². The first-order valence-electron chi connectivity index (χ1n) is 30.3. The minimum absolute atomic E-state index is 0.0342. The van der Waals surface area contributed by atoms with Gasteiger partial charge in [0, 0.05) is 12.8 Å². The van der Waals surface area contributed by atoms with Crippen LogP contribution in [-0.4, -0.2) is 74.3 Å². The summed E-state index contributed by atoms with van der Waals surface area (Å²) < 4.78 is 30.6. The molecule has 0 bridgehead atoms. The summed E-state index contributed by atoms with van der Waals surface area (Å²) in [6, 6.07) is -0.859. The summed E-state index contributed by atoms with van der Waals surface area (Å²) in [5, 5.41) is 3.05. The number of esters is 1. The average Bonchev–Trinajstić information content (AvgIpc) is 3.35. The summed E-state index contributed by atoms with van der Waals surface area (Å²) in [6.07, 6.45) is 67.5. The lowest BCUT2D eigenvalue weighted by Gasteiger charge is -2.27. The van der Waals surface area contributed by atoms with E-state index in [0.717, 1.165) is 83.5 Å². The Morgan fingerprint density at radius 3 is 1.44 bits per heavy atom.